The van der Waals surface area contributed by atoms with Crippen molar-refractivity contribution in [1.29, 1.82) is 0 Å². The number of benzene rings is 1. The Bertz CT molecular complexity index is 381. The van der Waals surface area contributed by atoms with Crippen molar-refractivity contribution < 1.29 is 0 Å². The van der Waals surface area contributed by atoms with Gasteiger partial charge in [0.05, 0.1) is 11.4 Å². The van der Waals surface area contributed by atoms with E-state index in [-0.39, 0.29) is 0 Å². The third-order valence-electron chi connectivity index (χ3n) is 3.45. The molecule has 2 rings (SSSR count). The van der Waals surface area contributed by atoms with Gasteiger partial charge >= 0.3 is 0 Å². The second kappa shape index (κ2) is 5.91. The van der Waals surface area contributed by atoms with E-state index in [1.54, 1.807) is 0 Å². The number of nitrogen functional groups attached to an aromatic ring is 1. The molecule has 1 aliphatic rings. The summed E-state index contributed by atoms with van der Waals surface area (Å²) in [5, 5.41) is 3.48. The normalized spacial score (nSPS) is 20.7. The van der Waals surface area contributed by atoms with Gasteiger partial charge in [0.15, 0.2) is 0 Å². The van der Waals surface area contributed by atoms with Crippen LogP contribution in [0.25, 0.3) is 0 Å². The van der Waals surface area contributed by atoms with Crippen LogP contribution in [0.1, 0.15) is 19.8 Å². The second-order valence-electron chi connectivity index (χ2n) is 4.54. The molecule has 1 heterocycles. The van der Waals surface area contributed by atoms with E-state index in [1.807, 2.05) is 6.07 Å². The lowest BCUT2D eigenvalue weighted by Gasteiger charge is -2.23. The molecule has 3 nitrogen and oxygen atoms in total. The second-order valence-corrected chi connectivity index (χ2v) is 5.78. The summed E-state index contributed by atoms with van der Waals surface area (Å²) in [6.45, 7) is 5.62. The molecule has 3 N–H and O–H groups in total. The van der Waals surface area contributed by atoms with Crippen LogP contribution in [0, 0.1) is 3.57 Å². The number of halogens is 1. The lowest BCUT2D eigenvalue weighted by Crippen LogP contribution is -2.34. The van der Waals surface area contributed by atoms with Crippen LogP contribution in [-0.4, -0.2) is 30.6 Å². The van der Waals surface area contributed by atoms with Gasteiger partial charge in [-0.3, -0.25) is 4.90 Å². The van der Waals surface area contributed by atoms with Gasteiger partial charge in [0.25, 0.3) is 0 Å². The molecule has 0 amide bonds. The Labute approximate surface area is 117 Å². The number of anilines is 2. The summed E-state index contributed by atoms with van der Waals surface area (Å²) in [4.78, 5) is 2.54. The smallest absolute Gasteiger partial charge is 0.0575 e. The van der Waals surface area contributed by atoms with Crippen LogP contribution in [-0.2, 0) is 0 Å². The summed E-state index contributed by atoms with van der Waals surface area (Å²) in [5.74, 6) is 0. The molecule has 1 aromatic rings. The van der Waals surface area contributed by atoms with Crippen LogP contribution in [0.3, 0.4) is 0 Å². The zero-order chi connectivity index (χ0) is 12.3. The van der Waals surface area contributed by atoms with Crippen molar-refractivity contribution >= 4 is 34.0 Å². The Balaban J connectivity index is 1.93. The summed E-state index contributed by atoms with van der Waals surface area (Å²) in [6, 6.07) is 6.84. The van der Waals surface area contributed by atoms with Crippen LogP contribution >= 0.6 is 22.6 Å². The molecular weight excluding hydrogens is 325 g/mol. The Morgan fingerprint density at radius 2 is 2.35 bits per heavy atom. The minimum atomic E-state index is 0.665. The monoisotopic (exact) mass is 345 g/mol. The Morgan fingerprint density at radius 3 is 3.06 bits per heavy atom. The quantitative estimate of drug-likeness (QED) is 0.651. The average Bonchev–Trinajstić information content (AvgIpc) is 2.75. The maximum atomic E-state index is 5.99. The number of nitrogens with two attached hydrogens (primary N) is 1. The van der Waals surface area contributed by atoms with Gasteiger partial charge in [-0.1, -0.05) is 6.92 Å². The van der Waals surface area contributed by atoms with E-state index < -0.39 is 0 Å². The number of hydrogen-bond acceptors (Lipinski definition) is 3. The number of nitrogens with one attached hydrogen (secondary N) is 1. The van der Waals surface area contributed by atoms with Gasteiger partial charge in [-0.2, -0.15) is 0 Å². The number of nitrogens with zero attached hydrogens (tertiary/aromatic N) is 1. The molecular formula is C13H20IN3. The zero-order valence-electron chi connectivity index (χ0n) is 10.2. The summed E-state index contributed by atoms with van der Waals surface area (Å²) >= 11 is 2.28. The minimum absolute atomic E-state index is 0.665. The van der Waals surface area contributed by atoms with E-state index in [1.165, 1.54) is 23.0 Å². The van der Waals surface area contributed by atoms with Gasteiger partial charge in [0, 0.05) is 16.2 Å². The summed E-state index contributed by atoms with van der Waals surface area (Å²) in [5.41, 5.74) is 7.90. The van der Waals surface area contributed by atoms with E-state index in [2.05, 4.69) is 51.9 Å². The van der Waals surface area contributed by atoms with Crippen LogP contribution in [0.5, 0.6) is 0 Å². The van der Waals surface area contributed by atoms with Crippen molar-refractivity contribution in [3.8, 4) is 0 Å². The molecule has 1 unspecified atom stereocenters. The molecule has 1 fully saturated rings. The van der Waals surface area contributed by atoms with E-state index >= 15 is 0 Å². The van der Waals surface area contributed by atoms with Crippen molar-refractivity contribution in [2.75, 3.05) is 30.7 Å². The predicted octanol–water partition coefficient (Wildman–Crippen LogP) is 2.77. The van der Waals surface area contributed by atoms with Crippen molar-refractivity contribution in [2.45, 2.75) is 25.8 Å². The number of rotatable bonds is 4. The number of likely N-dealkylation sites (N-methyl/N-ethyl adjacent to an activating group) is 1. The van der Waals surface area contributed by atoms with Crippen molar-refractivity contribution in [1.82, 2.24) is 4.90 Å². The Hall–Kier alpha value is -0.490. The summed E-state index contributed by atoms with van der Waals surface area (Å²) < 4.78 is 1.18. The maximum absolute atomic E-state index is 5.99. The molecule has 94 valence electrons. The van der Waals surface area contributed by atoms with E-state index in [0.717, 1.165) is 24.5 Å². The largest absolute Gasteiger partial charge is 0.397 e. The highest BCUT2D eigenvalue weighted by molar-refractivity contribution is 14.1. The molecule has 17 heavy (non-hydrogen) atoms. The van der Waals surface area contributed by atoms with Gasteiger partial charge in [-0.25, -0.2) is 0 Å². The molecule has 0 aromatic heterocycles. The maximum Gasteiger partial charge on any atom is 0.0575 e. The fraction of sp³-hybridized carbons (Fsp3) is 0.538. The van der Waals surface area contributed by atoms with Crippen LogP contribution < -0.4 is 11.1 Å². The summed E-state index contributed by atoms with van der Waals surface area (Å²) in [6.07, 6.45) is 2.62. The first-order chi connectivity index (χ1) is 8.20. The first-order valence-electron chi connectivity index (χ1n) is 6.23. The van der Waals surface area contributed by atoms with Gasteiger partial charge in [-0.15, -0.1) is 0 Å². The molecule has 1 aromatic carbocycles. The van der Waals surface area contributed by atoms with Gasteiger partial charge in [0.2, 0.25) is 0 Å². The third kappa shape index (κ3) is 3.25. The third-order valence-corrected chi connectivity index (χ3v) is 4.12. The molecule has 1 atom stereocenters. The van der Waals surface area contributed by atoms with Gasteiger partial charge in [-0.05, 0) is 66.7 Å². The molecule has 0 radical (unpaired) electrons. The minimum Gasteiger partial charge on any atom is -0.397 e. The van der Waals surface area contributed by atoms with E-state index in [9.17, 15) is 0 Å². The van der Waals surface area contributed by atoms with Crippen LogP contribution in [0.2, 0.25) is 0 Å². The van der Waals surface area contributed by atoms with Crippen LogP contribution in [0.4, 0.5) is 11.4 Å². The Kier molecular flexibility index (Phi) is 4.50. The highest BCUT2D eigenvalue weighted by atomic mass is 127. The first kappa shape index (κ1) is 13.0. The fourth-order valence-corrected chi connectivity index (χ4v) is 2.98. The topological polar surface area (TPSA) is 41.3 Å². The number of likely N-dealkylation sites (tertiary alicyclic amines) is 1. The van der Waals surface area contributed by atoms with Crippen molar-refractivity contribution in [2.24, 2.45) is 0 Å². The standard InChI is InChI=1S/C13H20IN3/c1-2-17-7-3-4-11(17)9-16-13-6-5-10(14)8-12(13)15/h5-6,8,11,16H,2-4,7,9,15H2,1H3. The molecule has 0 saturated carbocycles. The highest BCUT2D eigenvalue weighted by Crippen LogP contribution is 2.22. The number of hydrogen-bond donors (Lipinski definition) is 2. The van der Waals surface area contributed by atoms with Crippen LogP contribution in [0.15, 0.2) is 18.2 Å². The molecule has 0 bridgehead atoms. The molecule has 1 saturated heterocycles. The summed E-state index contributed by atoms with van der Waals surface area (Å²) in [7, 11) is 0. The Morgan fingerprint density at radius 1 is 1.53 bits per heavy atom. The first-order valence-corrected chi connectivity index (χ1v) is 7.31. The molecule has 1 aliphatic heterocycles. The predicted molar refractivity (Wildman–Crippen MR) is 82.3 cm³/mol. The highest BCUT2D eigenvalue weighted by Gasteiger charge is 2.22. The zero-order valence-corrected chi connectivity index (χ0v) is 12.4. The average molecular weight is 345 g/mol. The fourth-order valence-electron chi connectivity index (χ4n) is 2.46. The molecule has 0 aliphatic carbocycles. The van der Waals surface area contributed by atoms with Gasteiger partial charge in [0.1, 0.15) is 0 Å². The van der Waals surface area contributed by atoms with E-state index in [0.29, 0.717) is 6.04 Å². The van der Waals surface area contributed by atoms with Gasteiger partial charge < -0.3 is 11.1 Å². The lowest BCUT2D eigenvalue weighted by atomic mass is 10.2. The van der Waals surface area contributed by atoms with E-state index in [4.69, 9.17) is 5.73 Å². The van der Waals surface area contributed by atoms with Crippen molar-refractivity contribution in [3.63, 3.8) is 0 Å². The SMILES string of the molecule is CCN1CCCC1CNc1ccc(I)cc1N. The molecule has 0 spiro atoms. The lowest BCUT2D eigenvalue weighted by molar-refractivity contribution is 0.277. The molecule has 4 heteroatoms. The van der Waals surface area contributed by atoms with Crippen molar-refractivity contribution in [3.05, 3.63) is 21.8 Å².